The number of nitrogens with zero attached hydrogens (tertiary/aromatic N) is 1. The summed E-state index contributed by atoms with van der Waals surface area (Å²) in [6, 6.07) is 6.77. The van der Waals surface area contributed by atoms with Gasteiger partial charge in [0.2, 0.25) is 5.91 Å². The molecular weight excluding hydrogens is 286 g/mol. The molecule has 0 bridgehead atoms. The van der Waals surface area contributed by atoms with Gasteiger partial charge in [0.05, 0.1) is 5.92 Å². The zero-order valence-electron chi connectivity index (χ0n) is 13.1. The predicted octanol–water partition coefficient (Wildman–Crippen LogP) is 2.32. The molecule has 0 radical (unpaired) electrons. The number of carbonyl (C=O) groups is 1. The Morgan fingerprint density at radius 1 is 1.22 bits per heavy atom. The molecule has 3 heterocycles. The van der Waals surface area contributed by atoms with Crippen molar-refractivity contribution < 1.29 is 4.79 Å². The van der Waals surface area contributed by atoms with Crippen LogP contribution in [0.1, 0.15) is 24.0 Å². The van der Waals surface area contributed by atoms with E-state index >= 15 is 0 Å². The highest BCUT2D eigenvalue weighted by molar-refractivity contribution is 5.99. The minimum atomic E-state index is -0.0184. The van der Waals surface area contributed by atoms with Gasteiger partial charge in [0.1, 0.15) is 0 Å². The lowest BCUT2D eigenvalue weighted by molar-refractivity contribution is -0.132. The van der Waals surface area contributed by atoms with Crippen molar-refractivity contribution in [1.29, 1.82) is 0 Å². The SMILES string of the molecule is O=C(C1C=C2c3cccc4[nH]cc(c34)CC2NC1)N1CCCC1. The van der Waals surface area contributed by atoms with E-state index in [0.29, 0.717) is 11.9 Å². The Morgan fingerprint density at radius 2 is 2.09 bits per heavy atom. The van der Waals surface area contributed by atoms with Crippen LogP contribution in [0.5, 0.6) is 0 Å². The smallest absolute Gasteiger partial charge is 0.230 e. The van der Waals surface area contributed by atoms with Gasteiger partial charge in [-0.25, -0.2) is 0 Å². The molecule has 1 aliphatic carbocycles. The molecular formula is C19H21N3O. The third-order valence-corrected chi connectivity index (χ3v) is 5.60. The van der Waals surface area contributed by atoms with Gasteiger partial charge in [0, 0.05) is 42.8 Å². The Bertz CT molecular complexity index is 813. The molecule has 2 aromatic rings. The van der Waals surface area contributed by atoms with Crippen LogP contribution in [0, 0.1) is 5.92 Å². The standard InChI is InChI=1S/C19H21N3O/c23-19(22-6-1-2-7-22)13-8-15-14-4-3-5-16-18(14)12(10-20-16)9-17(15)21-11-13/h3-5,8,10,13,17,20-21H,1-2,6-7,9,11H2. The molecule has 2 aliphatic heterocycles. The molecule has 2 unspecified atom stereocenters. The number of aromatic amines is 1. The molecule has 1 saturated heterocycles. The van der Waals surface area contributed by atoms with Crippen LogP contribution in [0.2, 0.25) is 0 Å². The van der Waals surface area contributed by atoms with Crippen molar-refractivity contribution in [1.82, 2.24) is 15.2 Å². The number of fused-ring (bicyclic) bond motifs is 2. The monoisotopic (exact) mass is 307 g/mol. The highest BCUT2D eigenvalue weighted by Gasteiger charge is 2.34. The van der Waals surface area contributed by atoms with Gasteiger partial charge in [-0.15, -0.1) is 0 Å². The number of likely N-dealkylation sites (tertiary alicyclic amines) is 1. The van der Waals surface area contributed by atoms with Crippen LogP contribution in [0.4, 0.5) is 0 Å². The van der Waals surface area contributed by atoms with Crippen LogP contribution < -0.4 is 5.32 Å². The maximum Gasteiger partial charge on any atom is 0.230 e. The summed E-state index contributed by atoms with van der Waals surface area (Å²) in [7, 11) is 0. The highest BCUT2D eigenvalue weighted by Crippen LogP contribution is 2.38. The van der Waals surface area contributed by atoms with Gasteiger partial charge in [-0.1, -0.05) is 18.2 Å². The van der Waals surface area contributed by atoms with Gasteiger partial charge in [-0.2, -0.15) is 0 Å². The maximum absolute atomic E-state index is 12.7. The van der Waals surface area contributed by atoms with E-state index in [0.717, 1.165) is 38.9 Å². The Balaban J connectivity index is 1.56. The van der Waals surface area contributed by atoms with Crippen LogP contribution in [-0.2, 0) is 11.2 Å². The van der Waals surface area contributed by atoms with E-state index in [4.69, 9.17) is 0 Å². The molecule has 23 heavy (non-hydrogen) atoms. The summed E-state index contributed by atoms with van der Waals surface area (Å²) in [5.74, 6) is 0.281. The lowest BCUT2D eigenvalue weighted by atomic mass is 9.80. The average Bonchev–Trinajstić information content (AvgIpc) is 3.25. The molecule has 5 rings (SSSR count). The number of H-pyrrole nitrogens is 1. The van der Waals surface area contributed by atoms with Crippen LogP contribution in [0.15, 0.2) is 30.5 Å². The largest absolute Gasteiger partial charge is 0.361 e. The molecule has 2 N–H and O–H groups in total. The summed E-state index contributed by atoms with van der Waals surface area (Å²) in [5, 5.41) is 4.96. The number of amides is 1. The normalized spacial score (nSPS) is 26.3. The van der Waals surface area contributed by atoms with Crippen LogP contribution in [0.25, 0.3) is 16.5 Å². The van der Waals surface area contributed by atoms with Crippen molar-refractivity contribution >= 4 is 22.4 Å². The third kappa shape index (κ3) is 1.98. The predicted molar refractivity (Wildman–Crippen MR) is 91.1 cm³/mol. The van der Waals surface area contributed by atoms with Gasteiger partial charge in [-0.3, -0.25) is 4.79 Å². The maximum atomic E-state index is 12.7. The second-order valence-corrected chi connectivity index (χ2v) is 6.97. The quantitative estimate of drug-likeness (QED) is 0.849. The molecule has 0 spiro atoms. The van der Waals surface area contributed by atoms with Gasteiger partial charge < -0.3 is 15.2 Å². The topological polar surface area (TPSA) is 48.1 Å². The van der Waals surface area contributed by atoms with Gasteiger partial charge in [-0.05, 0) is 42.0 Å². The van der Waals surface area contributed by atoms with Crippen LogP contribution in [0.3, 0.4) is 0 Å². The minimum Gasteiger partial charge on any atom is -0.361 e. The number of hydrogen-bond donors (Lipinski definition) is 2. The summed E-state index contributed by atoms with van der Waals surface area (Å²) in [6.07, 6.45) is 7.68. The van der Waals surface area contributed by atoms with Crippen LogP contribution >= 0.6 is 0 Å². The van der Waals surface area contributed by atoms with Crippen molar-refractivity contribution in [3.63, 3.8) is 0 Å². The van der Waals surface area contributed by atoms with E-state index in [9.17, 15) is 4.79 Å². The first kappa shape index (κ1) is 13.4. The molecule has 3 aliphatic rings. The molecule has 2 atom stereocenters. The molecule has 1 aromatic carbocycles. The number of hydrogen-bond acceptors (Lipinski definition) is 2. The van der Waals surface area contributed by atoms with E-state index in [1.807, 2.05) is 4.90 Å². The fraction of sp³-hybridized carbons (Fsp3) is 0.421. The lowest BCUT2D eigenvalue weighted by Crippen LogP contribution is -2.46. The van der Waals surface area contributed by atoms with Gasteiger partial charge in [0.15, 0.2) is 0 Å². The summed E-state index contributed by atoms with van der Waals surface area (Å²) < 4.78 is 0. The van der Waals surface area contributed by atoms with Crippen molar-refractivity contribution in [3.8, 4) is 0 Å². The van der Waals surface area contributed by atoms with Gasteiger partial charge >= 0.3 is 0 Å². The zero-order valence-corrected chi connectivity index (χ0v) is 13.1. The van der Waals surface area contributed by atoms with Gasteiger partial charge in [0.25, 0.3) is 0 Å². The Labute approximate surface area is 135 Å². The summed E-state index contributed by atoms with van der Waals surface area (Å²) >= 11 is 0. The van der Waals surface area contributed by atoms with Crippen molar-refractivity contribution in [3.05, 3.63) is 41.6 Å². The molecule has 4 nitrogen and oxygen atoms in total. The number of rotatable bonds is 1. The number of carbonyl (C=O) groups excluding carboxylic acids is 1. The summed E-state index contributed by atoms with van der Waals surface area (Å²) in [5.41, 5.74) is 5.19. The highest BCUT2D eigenvalue weighted by atomic mass is 16.2. The molecule has 0 saturated carbocycles. The second-order valence-electron chi connectivity index (χ2n) is 6.97. The molecule has 118 valence electrons. The van der Waals surface area contributed by atoms with E-state index < -0.39 is 0 Å². The van der Waals surface area contributed by atoms with Crippen molar-refractivity contribution in [2.24, 2.45) is 5.92 Å². The fourth-order valence-corrected chi connectivity index (χ4v) is 4.44. The molecule has 1 amide bonds. The van der Waals surface area contributed by atoms with E-state index in [1.54, 1.807) is 0 Å². The Morgan fingerprint density at radius 3 is 2.96 bits per heavy atom. The lowest BCUT2D eigenvalue weighted by Gasteiger charge is -2.34. The van der Waals surface area contributed by atoms with E-state index in [2.05, 4.69) is 40.8 Å². The van der Waals surface area contributed by atoms with E-state index in [1.165, 1.54) is 27.6 Å². The first-order chi connectivity index (χ1) is 11.3. The molecule has 1 fully saturated rings. The first-order valence-corrected chi connectivity index (χ1v) is 8.64. The summed E-state index contributed by atoms with van der Waals surface area (Å²) in [4.78, 5) is 18.2. The minimum absolute atomic E-state index is 0.0184. The summed E-state index contributed by atoms with van der Waals surface area (Å²) in [6.45, 7) is 2.62. The second kappa shape index (κ2) is 4.96. The molecule has 1 aromatic heterocycles. The molecule has 4 heteroatoms. The Hall–Kier alpha value is -2.07. The average molecular weight is 307 g/mol. The van der Waals surface area contributed by atoms with Crippen molar-refractivity contribution in [2.45, 2.75) is 25.3 Å². The Kier molecular flexibility index (Phi) is 2.89. The number of nitrogens with one attached hydrogen (secondary N) is 2. The number of aromatic nitrogens is 1. The zero-order chi connectivity index (χ0) is 15.4. The van der Waals surface area contributed by atoms with Crippen molar-refractivity contribution in [2.75, 3.05) is 19.6 Å². The number of benzene rings is 1. The third-order valence-electron chi connectivity index (χ3n) is 5.60. The van der Waals surface area contributed by atoms with Crippen LogP contribution in [-0.4, -0.2) is 41.5 Å². The first-order valence-electron chi connectivity index (χ1n) is 8.64. The van der Waals surface area contributed by atoms with E-state index in [-0.39, 0.29) is 5.92 Å². The fourth-order valence-electron chi connectivity index (χ4n) is 4.44.